The van der Waals surface area contributed by atoms with Crippen molar-refractivity contribution in [3.8, 4) is 6.07 Å². The molecule has 0 aromatic heterocycles. The van der Waals surface area contributed by atoms with E-state index >= 15 is 0 Å². The van der Waals surface area contributed by atoms with E-state index in [0.717, 1.165) is 17.5 Å². The number of hydrogen-bond acceptors (Lipinski definition) is 4. The Hall–Kier alpha value is -3.13. The lowest BCUT2D eigenvalue weighted by molar-refractivity contribution is -0.150. The number of benzene rings is 2. The van der Waals surface area contributed by atoms with Crippen molar-refractivity contribution in [2.75, 3.05) is 11.9 Å². The average molecular weight is 364 g/mol. The van der Waals surface area contributed by atoms with Crippen molar-refractivity contribution in [3.05, 3.63) is 65.7 Å². The minimum absolute atomic E-state index is 0.107. The molecule has 0 saturated carbocycles. The average Bonchev–Trinajstić information content (AvgIpc) is 2.69. The molecule has 5 nitrogen and oxygen atoms in total. The van der Waals surface area contributed by atoms with Crippen LogP contribution in [0.1, 0.15) is 37.3 Å². The van der Waals surface area contributed by atoms with Crippen molar-refractivity contribution >= 4 is 17.6 Å². The first-order valence-corrected chi connectivity index (χ1v) is 9.02. The predicted molar refractivity (Wildman–Crippen MR) is 104 cm³/mol. The summed E-state index contributed by atoms with van der Waals surface area (Å²) < 4.78 is 5.28. The van der Waals surface area contributed by atoms with Crippen molar-refractivity contribution in [1.29, 1.82) is 5.26 Å². The molecule has 0 fully saturated rings. The summed E-state index contributed by atoms with van der Waals surface area (Å²) in [6.07, 6.45) is 1.15. The Labute approximate surface area is 160 Å². The number of carbonyl (C=O) groups excluding carboxylic acids is 2. The summed E-state index contributed by atoms with van der Waals surface area (Å²) >= 11 is 0. The van der Waals surface area contributed by atoms with Gasteiger partial charge in [0.25, 0.3) is 5.91 Å². The number of rotatable bonds is 8. The molecule has 27 heavy (non-hydrogen) atoms. The Balaban J connectivity index is 1.94. The van der Waals surface area contributed by atoms with Gasteiger partial charge in [0.15, 0.2) is 6.61 Å². The Bertz CT molecular complexity index is 795. The second kappa shape index (κ2) is 10.1. The zero-order chi connectivity index (χ0) is 19.6. The molecular formula is C22H24N2O3. The maximum atomic E-state index is 12.6. The lowest BCUT2D eigenvalue weighted by Crippen LogP contribution is -2.26. The van der Waals surface area contributed by atoms with Crippen LogP contribution >= 0.6 is 0 Å². The molecule has 2 aromatic rings. The quantitative estimate of drug-likeness (QED) is 0.716. The van der Waals surface area contributed by atoms with E-state index in [1.165, 1.54) is 0 Å². The van der Waals surface area contributed by atoms with Crippen LogP contribution in [0.15, 0.2) is 54.6 Å². The largest absolute Gasteiger partial charge is 0.455 e. The number of nitriles is 1. The first-order chi connectivity index (χ1) is 13.0. The van der Waals surface area contributed by atoms with Crippen LogP contribution < -0.4 is 5.32 Å². The first kappa shape index (κ1) is 20.2. The summed E-state index contributed by atoms with van der Waals surface area (Å²) in [5.74, 6) is -1.08. The van der Waals surface area contributed by atoms with E-state index in [1.54, 1.807) is 24.3 Å². The highest BCUT2D eigenvalue weighted by molar-refractivity contribution is 5.93. The molecule has 2 rings (SSSR count). The first-order valence-electron chi connectivity index (χ1n) is 9.02. The maximum Gasteiger partial charge on any atom is 0.314 e. The monoisotopic (exact) mass is 364 g/mol. The van der Waals surface area contributed by atoms with Gasteiger partial charge in [0, 0.05) is 5.69 Å². The predicted octanol–water partition coefficient (Wildman–Crippen LogP) is 4.06. The van der Waals surface area contributed by atoms with E-state index in [9.17, 15) is 9.59 Å². The number of ether oxygens (including phenoxy) is 1. The van der Waals surface area contributed by atoms with Gasteiger partial charge in [0.1, 0.15) is 0 Å². The molecule has 0 aliphatic carbocycles. The summed E-state index contributed by atoms with van der Waals surface area (Å²) in [6, 6.07) is 18.6. The number of anilines is 1. The van der Waals surface area contributed by atoms with Gasteiger partial charge >= 0.3 is 5.97 Å². The number of esters is 1. The van der Waals surface area contributed by atoms with Crippen molar-refractivity contribution in [2.45, 2.75) is 32.6 Å². The molecule has 2 atom stereocenters. The number of hydrogen-bond donors (Lipinski definition) is 1. The standard InChI is InChI=1S/C22H24N2O3/c1-3-16(2)21(18-7-5-4-6-8-18)22(26)27-15-20(25)24-19-11-9-17(10-12-19)13-14-23/h4-12,16,21H,3,13,15H2,1-2H3,(H,24,25). The van der Waals surface area contributed by atoms with E-state index in [4.69, 9.17) is 10.00 Å². The third-order valence-corrected chi connectivity index (χ3v) is 4.49. The van der Waals surface area contributed by atoms with E-state index in [0.29, 0.717) is 12.1 Å². The van der Waals surface area contributed by atoms with Crippen LogP contribution in [0.25, 0.3) is 0 Å². The molecule has 2 aromatic carbocycles. The van der Waals surface area contributed by atoms with Crippen molar-refractivity contribution < 1.29 is 14.3 Å². The molecule has 0 saturated heterocycles. The third-order valence-electron chi connectivity index (χ3n) is 4.49. The van der Waals surface area contributed by atoms with Crippen LogP contribution in [0.5, 0.6) is 0 Å². The number of carbonyl (C=O) groups is 2. The Morgan fingerprint density at radius 3 is 2.37 bits per heavy atom. The second-order valence-corrected chi connectivity index (χ2v) is 6.46. The fourth-order valence-electron chi connectivity index (χ4n) is 2.81. The summed E-state index contributed by atoms with van der Waals surface area (Å²) in [7, 11) is 0. The van der Waals surface area contributed by atoms with E-state index < -0.39 is 17.8 Å². The fraction of sp³-hybridized carbons (Fsp3) is 0.318. The highest BCUT2D eigenvalue weighted by atomic mass is 16.5. The SMILES string of the molecule is CCC(C)C(C(=O)OCC(=O)Nc1ccc(CC#N)cc1)c1ccccc1. The summed E-state index contributed by atoms with van der Waals surface area (Å²) in [4.78, 5) is 24.7. The molecule has 1 N–H and O–H groups in total. The third kappa shape index (κ3) is 5.96. The second-order valence-electron chi connectivity index (χ2n) is 6.46. The molecule has 0 aliphatic heterocycles. The Morgan fingerprint density at radius 2 is 1.78 bits per heavy atom. The van der Waals surface area contributed by atoms with E-state index in [-0.39, 0.29) is 12.5 Å². The van der Waals surface area contributed by atoms with Gasteiger partial charge in [-0.2, -0.15) is 5.26 Å². The molecule has 140 valence electrons. The summed E-state index contributed by atoms with van der Waals surface area (Å²) in [5.41, 5.74) is 2.37. The molecule has 0 radical (unpaired) electrons. The molecule has 0 bridgehead atoms. The van der Waals surface area contributed by atoms with Gasteiger partial charge in [0.05, 0.1) is 18.4 Å². The zero-order valence-corrected chi connectivity index (χ0v) is 15.6. The highest BCUT2D eigenvalue weighted by Crippen LogP contribution is 2.28. The summed E-state index contributed by atoms with van der Waals surface area (Å²) in [5, 5.41) is 11.4. The zero-order valence-electron chi connectivity index (χ0n) is 15.6. The molecule has 0 aliphatic rings. The minimum Gasteiger partial charge on any atom is -0.455 e. The lowest BCUT2D eigenvalue weighted by atomic mass is 9.86. The van der Waals surface area contributed by atoms with Crippen molar-refractivity contribution in [3.63, 3.8) is 0 Å². The Kier molecular flexibility index (Phi) is 7.57. The van der Waals surface area contributed by atoms with Crippen LogP contribution in [-0.4, -0.2) is 18.5 Å². The Morgan fingerprint density at radius 1 is 1.11 bits per heavy atom. The molecule has 0 spiro atoms. The van der Waals surface area contributed by atoms with Gasteiger partial charge in [-0.25, -0.2) is 0 Å². The van der Waals surface area contributed by atoms with Crippen LogP contribution in [-0.2, 0) is 20.7 Å². The molecule has 0 heterocycles. The molecule has 1 amide bonds. The van der Waals surface area contributed by atoms with Crippen molar-refractivity contribution in [2.24, 2.45) is 5.92 Å². The maximum absolute atomic E-state index is 12.6. The van der Waals surface area contributed by atoms with Crippen LogP contribution in [0.4, 0.5) is 5.69 Å². The lowest BCUT2D eigenvalue weighted by Gasteiger charge is -2.21. The fourth-order valence-corrected chi connectivity index (χ4v) is 2.81. The topological polar surface area (TPSA) is 79.2 Å². The summed E-state index contributed by atoms with van der Waals surface area (Å²) in [6.45, 7) is 3.69. The normalized spacial score (nSPS) is 12.5. The van der Waals surface area contributed by atoms with Gasteiger partial charge in [-0.15, -0.1) is 0 Å². The van der Waals surface area contributed by atoms with Gasteiger partial charge in [-0.05, 0) is 29.2 Å². The molecule has 2 unspecified atom stereocenters. The highest BCUT2D eigenvalue weighted by Gasteiger charge is 2.27. The smallest absolute Gasteiger partial charge is 0.314 e. The van der Waals surface area contributed by atoms with Gasteiger partial charge in [-0.1, -0.05) is 62.7 Å². The van der Waals surface area contributed by atoms with Crippen LogP contribution in [0.2, 0.25) is 0 Å². The minimum atomic E-state index is -0.396. The van der Waals surface area contributed by atoms with E-state index in [1.807, 2.05) is 44.2 Å². The number of amides is 1. The van der Waals surface area contributed by atoms with Crippen LogP contribution in [0, 0.1) is 17.2 Å². The van der Waals surface area contributed by atoms with Gasteiger partial charge in [0.2, 0.25) is 0 Å². The molecule has 5 heteroatoms. The number of nitrogens with one attached hydrogen (secondary N) is 1. The van der Waals surface area contributed by atoms with Crippen LogP contribution in [0.3, 0.4) is 0 Å². The van der Waals surface area contributed by atoms with Gasteiger partial charge < -0.3 is 10.1 Å². The molecular weight excluding hydrogens is 340 g/mol. The number of nitrogens with zero attached hydrogens (tertiary/aromatic N) is 1. The van der Waals surface area contributed by atoms with E-state index in [2.05, 4.69) is 11.4 Å². The van der Waals surface area contributed by atoms with Gasteiger partial charge in [-0.3, -0.25) is 9.59 Å². The van der Waals surface area contributed by atoms with Crippen molar-refractivity contribution in [1.82, 2.24) is 0 Å².